The Bertz CT molecular complexity index is 921. The summed E-state index contributed by atoms with van der Waals surface area (Å²) >= 11 is 2.29. The number of halogens is 4. The molecule has 0 radical (unpaired) electrons. The first-order valence-electron chi connectivity index (χ1n) is 9.53. The molecule has 1 fully saturated rings. The summed E-state index contributed by atoms with van der Waals surface area (Å²) in [6.07, 6.45) is -1.44. The van der Waals surface area contributed by atoms with Gasteiger partial charge in [0.25, 0.3) is 5.91 Å². The molecular formula is C19H21F3IN5O. The van der Waals surface area contributed by atoms with E-state index in [0.717, 1.165) is 33.8 Å². The first kappa shape index (κ1) is 20.6. The Hall–Kier alpha value is -1.69. The molecule has 29 heavy (non-hydrogen) atoms. The average Bonchev–Trinajstić information content (AvgIpc) is 3.14. The number of rotatable bonds is 3. The molecular weight excluding hydrogens is 498 g/mol. The molecule has 1 saturated carbocycles. The molecule has 1 aromatic heterocycles. The first-order valence-corrected chi connectivity index (χ1v) is 10.6. The van der Waals surface area contributed by atoms with Crippen molar-refractivity contribution < 1.29 is 18.0 Å². The highest BCUT2D eigenvalue weighted by atomic mass is 127. The minimum absolute atomic E-state index is 0.0234. The Morgan fingerprint density at radius 3 is 2.55 bits per heavy atom. The highest BCUT2D eigenvalue weighted by Crippen LogP contribution is 2.41. The maximum absolute atomic E-state index is 13.0. The van der Waals surface area contributed by atoms with Crippen LogP contribution in [0, 0.1) is 3.57 Å². The van der Waals surface area contributed by atoms with Crippen molar-refractivity contribution in [2.45, 2.75) is 49.9 Å². The van der Waals surface area contributed by atoms with Crippen molar-refractivity contribution in [2.75, 3.05) is 13.1 Å². The summed E-state index contributed by atoms with van der Waals surface area (Å²) in [5.74, 6) is -1.81. The summed E-state index contributed by atoms with van der Waals surface area (Å²) in [5.41, 5.74) is 7.25. The van der Waals surface area contributed by atoms with Gasteiger partial charge in [0.15, 0.2) is 0 Å². The predicted octanol–water partition coefficient (Wildman–Crippen LogP) is 3.20. The summed E-state index contributed by atoms with van der Waals surface area (Å²) in [4.78, 5) is 14.5. The SMILES string of the molecule is NCC1(c2cccc(I)c2)CCC(N2CCn3c(nnc3C(F)(F)F)C2=O)CC1. The summed E-state index contributed by atoms with van der Waals surface area (Å²) in [7, 11) is 0. The van der Waals surface area contributed by atoms with Crippen LogP contribution in [0.3, 0.4) is 0 Å². The Kier molecular flexibility index (Phi) is 5.34. The van der Waals surface area contributed by atoms with Crippen molar-refractivity contribution in [1.29, 1.82) is 0 Å². The molecule has 2 aliphatic rings. The van der Waals surface area contributed by atoms with Crippen LogP contribution < -0.4 is 5.73 Å². The van der Waals surface area contributed by atoms with Gasteiger partial charge in [-0.1, -0.05) is 12.1 Å². The molecule has 0 unspecified atom stereocenters. The third-order valence-corrected chi connectivity index (χ3v) is 6.87. The molecule has 0 bridgehead atoms. The van der Waals surface area contributed by atoms with Crippen LogP contribution in [0.1, 0.15) is 47.7 Å². The minimum Gasteiger partial charge on any atom is -0.331 e. The number of fused-ring (bicyclic) bond motifs is 1. The molecule has 1 aromatic carbocycles. The third-order valence-electron chi connectivity index (χ3n) is 6.20. The van der Waals surface area contributed by atoms with Crippen LogP contribution in [-0.2, 0) is 18.1 Å². The van der Waals surface area contributed by atoms with Crippen LogP contribution in [0.15, 0.2) is 24.3 Å². The second-order valence-corrected chi connectivity index (χ2v) is 8.97. The van der Waals surface area contributed by atoms with Crippen molar-refractivity contribution in [1.82, 2.24) is 19.7 Å². The van der Waals surface area contributed by atoms with Gasteiger partial charge in [-0.15, -0.1) is 10.2 Å². The van der Waals surface area contributed by atoms with Gasteiger partial charge in [0.2, 0.25) is 11.6 Å². The molecule has 2 heterocycles. The molecule has 1 aliphatic carbocycles. The Morgan fingerprint density at radius 2 is 1.93 bits per heavy atom. The highest BCUT2D eigenvalue weighted by molar-refractivity contribution is 14.1. The van der Waals surface area contributed by atoms with Crippen LogP contribution >= 0.6 is 22.6 Å². The van der Waals surface area contributed by atoms with Gasteiger partial charge in [0.05, 0.1) is 0 Å². The van der Waals surface area contributed by atoms with Gasteiger partial charge in [0.1, 0.15) is 0 Å². The normalized spacial score (nSPS) is 25.2. The van der Waals surface area contributed by atoms with Crippen LogP contribution in [0.2, 0.25) is 0 Å². The number of benzene rings is 1. The van der Waals surface area contributed by atoms with E-state index in [1.54, 1.807) is 4.90 Å². The van der Waals surface area contributed by atoms with Crippen LogP contribution in [0.5, 0.6) is 0 Å². The van der Waals surface area contributed by atoms with Gasteiger partial charge in [-0.25, -0.2) is 0 Å². The number of amides is 1. The average molecular weight is 519 g/mol. The predicted molar refractivity (Wildman–Crippen MR) is 108 cm³/mol. The van der Waals surface area contributed by atoms with Crippen molar-refractivity contribution in [3.05, 3.63) is 45.0 Å². The van der Waals surface area contributed by atoms with Gasteiger partial charge in [-0.05, 0) is 66.0 Å². The van der Waals surface area contributed by atoms with E-state index in [1.165, 1.54) is 5.56 Å². The molecule has 2 N–H and O–H groups in total. The Labute approximate surface area is 179 Å². The number of nitrogens with zero attached hydrogens (tertiary/aromatic N) is 4. The standard InChI is InChI=1S/C19H21F3IN5O/c20-19(21,22)17-26-25-15-16(29)27(8-9-28(15)17)14-4-6-18(11-24,7-5-14)12-2-1-3-13(23)10-12/h1-3,10,14H,4-9,11,24H2. The maximum Gasteiger partial charge on any atom is 0.451 e. The molecule has 0 spiro atoms. The maximum atomic E-state index is 13.0. The fourth-order valence-corrected chi connectivity index (χ4v) is 5.11. The largest absolute Gasteiger partial charge is 0.451 e. The number of alkyl halides is 3. The molecule has 10 heteroatoms. The summed E-state index contributed by atoms with van der Waals surface area (Å²) in [6.45, 7) is 0.811. The van der Waals surface area contributed by atoms with Gasteiger partial charge >= 0.3 is 6.18 Å². The fourth-order valence-electron chi connectivity index (χ4n) is 4.56. The van der Waals surface area contributed by atoms with Crippen LogP contribution in [0.25, 0.3) is 0 Å². The van der Waals surface area contributed by atoms with E-state index in [2.05, 4.69) is 44.9 Å². The van der Waals surface area contributed by atoms with Gasteiger partial charge in [-0.3, -0.25) is 9.36 Å². The van der Waals surface area contributed by atoms with Crippen LogP contribution in [-0.4, -0.2) is 44.7 Å². The number of carbonyl (C=O) groups excluding carboxylic acids is 1. The third kappa shape index (κ3) is 3.65. The fraction of sp³-hybridized carbons (Fsp3) is 0.526. The second kappa shape index (κ2) is 7.53. The minimum atomic E-state index is -4.62. The lowest BCUT2D eigenvalue weighted by molar-refractivity contribution is -0.147. The lowest BCUT2D eigenvalue weighted by Gasteiger charge is -2.44. The van der Waals surface area contributed by atoms with E-state index >= 15 is 0 Å². The van der Waals surface area contributed by atoms with E-state index in [4.69, 9.17) is 5.73 Å². The molecule has 0 saturated heterocycles. The quantitative estimate of drug-likeness (QED) is 0.633. The van der Waals surface area contributed by atoms with E-state index in [0.29, 0.717) is 6.54 Å². The lowest BCUT2D eigenvalue weighted by atomic mass is 9.68. The molecule has 6 nitrogen and oxygen atoms in total. The van der Waals surface area contributed by atoms with Gasteiger partial charge in [-0.2, -0.15) is 13.2 Å². The van der Waals surface area contributed by atoms with Crippen molar-refractivity contribution in [3.63, 3.8) is 0 Å². The Morgan fingerprint density at radius 1 is 1.21 bits per heavy atom. The van der Waals surface area contributed by atoms with Crippen LogP contribution in [0.4, 0.5) is 13.2 Å². The number of nitrogens with two attached hydrogens (primary N) is 1. The summed E-state index contributed by atoms with van der Waals surface area (Å²) in [6, 6.07) is 8.30. The monoisotopic (exact) mass is 519 g/mol. The van der Waals surface area contributed by atoms with E-state index in [-0.39, 0.29) is 30.4 Å². The number of hydrogen-bond donors (Lipinski definition) is 1. The highest BCUT2D eigenvalue weighted by Gasteiger charge is 2.44. The van der Waals surface area contributed by atoms with Crippen molar-refractivity contribution in [2.24, 2.45) is 5.73 Å². The number of hydrogen-bond acceptors (Lipinski definition) is 4. The summed E-state index contributed by atoms with van der Waals surface area (Å²) < 4.78 is 41.2. The molecule has 0 atom stereocenters. The molecule has 1 amide bonds. The smallest absolute Gasteiger partial charge is 0.331 e. The van der Waals surface area contributed by atoms with E-state index in [1.807, 2.05) is 12.1 Å². The van der Waals surface area contributed by atoms with Gasteiger partial charge < -0.3 is 10.6 Å². The second-order valence-electron chi connectivity index (χ2n) is 7.72. The molecule has 1 aliphatic heterocycles. The molecule has 2 aromatic rings. The summed E-state index contributed by atoms with van der Waals surface area (Å²) in [5, 5.41) is 6.74. The number of carbonyl (C=O) groups is 1. The van der Waals surface area contributed by atoms with Gasteiger partial charge in [0, 0.05) is 34.7 Å². The zero-order valence-electron chi connectivity index (χ0n) is 15.6. The topological polar surface area (TPSA) is 77.0 Å². The lowest BCUT2D eigenvalue weighted by Crippen LogP contribution is -2.51. The Balaban J connectivity index is 1.51. The number of aromatic nitrogens is 3. The van der Waals surface area contributed by atoms with Crippen molar-refractivity contribution >= 4 is 28.5 Å². The zero-order chi connectivity index (χ0) is 20.8. The zero-order valence-corrected chi connectivity index (χ0v) is 17.8. The van der Waals surface area contributed by atoms with E-state index in [9.17, 15) is 18.0 Å². The first-order chi connectivity index (χ1) is 13.7. The van der Waals surface area contributed by atoms with E-state index < -0.39 is 17.9 Å². The molecule has 4 rings (SSSR count). The van der Waals surface area contributed by atoms with Crippen molar-refractivity contribution in [3.8, 4) is 0 Å². The molecule has 156 valence electrons.